The van der Waals surface area contributed by atoms with Gasteiger partial charge in [0.15, 0.2) is 5.96 Å². The molecule has 0 unspecified atom stereocenters. The van der Waals surface area contributed by atoms with Gasteiger partial charge in [0.1, 0.15) is 47.5 Å². The third-order valence-electron chi connectivity index (χ3n) is 12.5. The van der Waals surface area contributed by atoms with E-state index in [2.05, 4.69) is 42.2 Å². The molecule has 5 rings (SSSR count). The van der Waals surface area contributed by atoms with Gasteiger partial charge in [0.2, 0.25) is 65.0 Å². The maximum atomic E-state index is 14.8. The zero-order chi connectivity index (χ0) is 54.8. The fourth-order valence-electron chi connectivity index (χ4n) is 8.72. The Morgan fingerprint density at radius 2 is 1.48 bits per heavy atom. The minimum atomic E-state index is -1.77. The van der Waals surface area contributed by atoms with Crippen molar-refractivity contribution in [2.24, 2.45) is 33.7 Å². The molecule has 75 heavy (non-hydrogen) atoms. The normalized spacial score (nSPS) is 21.9. The summed E-state index contributed by atoms with van der Waals surface area (Å²) in [6.45, 7) is -0.399. The highest BCUT2D eigenvalue weighted by Crippen LogP contribution is 2.32. The lowest BCUT2D eigenvalue weighted by molar-refractivity contribution is -0.142. The molecule has 2 heterocycles. The predicted octanol–water partition coefficient (Wildman–Crippen LogP) is -4.42. The molecule has 406 valence electrons. The maximum absolute atomic E-state index is 14.8. The van der Waals surface area contributed by atoms with Crippen molar-refractivity contribution in [1.29, 1.82) is 0 Å². The first-order valence-corrected chi connectivity index (χ1v) is 26.5. The third kappa shape index (κ3) is 17.5. The number of phenolic OH excluding ortho intramolecular Hbond substituents is 1. The zero-order valence-corrected chi connectivity index (χ0v) is 42.6. The minimum Gasteiger partial charge on any atom is -0.508 e. The summed E-state index contributed by atoms with van der Waals surface area (Å²) in [4.78, 5) is 154. The Bertz CT molecular complexity index is 2490. The minimum absolute atomic E-state index is 0.0137. The number of hydrogen-bond acceptors (Lipinski definition) is 15. The highest BCUT2D eigenvalue weighted by atomic mass is 33.1. The molecule has 11 amide bonds. The first kappa shape index (κ1) is 58.3. The van der Waals surface area contributed by atoms with Crippen LogP contribution in [-0.2, 0) is 72.0 Å². The molecule has 26 nitrogen and oxygen atoms in total. The number of carbonyl (C=O) groups is 11. The van der Waals surface area contributed by atoms with Gasteiger partial charge in [-0.1, -0.05) is 58.0 Å². The lowest BCUT2D eigenvalue weighted by Crippen LogP contribution is -2.65. The summed E-state index contributed by atoms with van der Waals surface area (Å²) < 4.78 is 0. The van der Waals surface area contributed by atoms with Gasteiger partial charge < -0.3 is 75.9 Å². The van der Waals surface area contributed by atoms with Gasteiger partial charge >= 0.3 is 0 Å². The molecular formula is C47H64N14O12S2. The van der Waals surface area contributed by atoms with Crippen molar-refractivity contribution in [3.63, 3.8) is 0 Å². The first-order chi connectivity index (χ1) is 35.6. The summed E-state index contributed by atoms with van der Waals surface area (Å²) in [6, 6.07) is 4.47. The number of amides is 11. The van der Waals surface area contributed by atoms with Gasteiger partial charge in [0.05, 0.1) is 13.0 Å². The SMILES string of the molecule is NC(=O)CC[C@@H]1NC(=O)C2(Cc3ccccc3C2)NC(=O)[C@H](Cc2ccc(O)cc2)NC(=O)CCSSC[C@@H](C(=O)N2CCC[C@H]2C(=O)N[C@@H](CCCN=C(N)N)C(=O)NCC(N)=O)NC(=O)[C@H](CC(N)=O)NC1=O. The van der Waals surface area contributed by atoms with E-state index in [1.807, 2.05) is 0 Å². The van der Waals surface area contributed by atoms with E-state index in [-0.39, 0.29) is 81.3 Å². The fraction of sp³-hybridized carbons (Fsp3) is 0.489. The third-order valence-corrected chi connectivity index (χ3v) is 14.9. The van der Waals surface area contributed by atoms with Crippen LogP contribution in [0.5, 0.6) is 5.75 Å². The average Bonchev–Trinajstić information content (AvgIpc) is 4.00. The molecule has 0 bridgehead atoms. The second kappa shape index (κ2) is 27.6. The monoisotopic (exact) mass is 1080 g/mol. The first-order valence-electron chi connectivity index (χ1n) is 24.1. The molecule has 3 aliphatic rings. The second-order valence-electron chi connectivity index (χ2n) is 18.2. The van der Waals surface area contributed by atoms with Gasteiger partial charge in [0, 0.05) is 56.7 Å². The molecule has 0 aromatic heterocycles. The van der Waals surface area contributed by atoms with E-state index in [4.69, 9.17) is 28.7 Å². The van der Waals surface area contributed by atoms with Gasteiger partial charge in [-0.15, -0.1) is 0 Å². The van der Waals surface area contributed by atoms with Crippen LogP contribution in [0.1, 0.15) is 68.1 Å². The van der Waals surface area contributed by atoms with E-state index >= 15 is 0 Å². The molecule has 2 aliphatic heterocycles. The van der Waals surface area contributed by atoms with Crippen molar-refractivity contribution in [2.75, 3.05) is 31.1 Å². The second-order valence-corrected chi connectivity index (χ2v) is 20.9. The molecule has 0 saturated carbocycles. The van der Waals surface area contributed by atoms with Crippen molar-refractivity contribution in [3.8, 4) is 5.75 Å². The van der Waals surface area contributed by atoms with Crippen LogP contribution in [0, 0.1) is 0 Å². The molecule has 0 radical (unpaired) electrons. The molecule has 18 N–H and O–H groups in total. The van der Waals surface area contributed by atoms with E-state index in [9.17, 15) is 57.8 Å². The summed E-state index contributed by atoms with van der Waals surface area (Å²) in [6.07, 6.45) is -1.32. The van der Waals surface area contributed by atoms with E-state index < -0.39 is 133 Å². The van der Waals surface area contributed by atoms with E-state index in [0.29, 0.717) is 23.1 Å². The standard InChI is InChI=1S/C47H64N14O12S2/c48-35(63)14-13-30-40(68)57-32(20-36(49)64)41(69)58-33(44(72)61-17-4-8-34(61)43(71)56-29(7-3-16-53-46(51)52)39(67)54-23-37(50)65)24-75-74-18-15-38(66)55-31(19-25-9-11-28(62)12-10-25)42(70)60-47(45(73)59-30)21-26-5-1-2-6-27(26)22-47/h1-2,5-6,9-12,29-34,62H,3-4,7-8,13-24H2,(H2,48,63)(H2,49,64)(H2,50,65)(H,54,67)(H,55,66)(H,56,71)(H,57,68)(H,58,69)(H,59,73)(H,60,70)(H4,51,52,53)/t29-,30-,31-,32-,33-,34-/m0/s1. The molecule has 6 atom stereocenters. The fourth-order valence-corrected chi connectivity index (χ4v) is 10.9. The Morgan fingerprint density at radius 1 is 0.800 bits per heavy atom. The van der Waals surface area contributed by atoms with Crippen molar-refractivity contribution < 1.29 is 57.8 Å². The number of aromatic hydroxyl groups is 1. The molecule has 2 aromatic rings. The van der Waals surface area contributed by atoms with Gasteiger partial charge in [-0.3, -0.25) is 57.7 Å². The Kier molecular flexibility index (Phi) is 21.4. The maximum Gasteiger partial charge on any atom is 0.247 e. The van der Waals surface area contributed by atoms with Gasteiger partial charge in [0.25, 0.3) is 0 Å². The van der Waals surface area contributed by atoms with Crippen LogP contribution in [0.3, 0.4) is 0 Å². The van der Waals surface area contributed by atoms with Crippen LogP contribution in [-0.4, -0.2) is 154 Å². The number of hydrogen-bond donors (Lipinski definition) is 13. The molecule has 1 spiro atoms. The topological polar surface area (TPSA) is 438 Å². The van der Waals surface area contributed by atoms with Gasteiger partial charge in [-0.25, -0.2) is 0 Å². The van der Waals surface area contributed by atoms with Crippen LogP contribution in [0.25, 0.3) is 0 Å². The lowest BCUT2D eigenvalue weighted by atomic mass is 9.92. The van der Waals surface area contributed by atoms with Crippen LogP contribution in [0.4, 0.5) is 0 Å². The number of aliphatic imine (C=N–C) groups is 1. The summed E-state index contributed by atoms with van der Waals surface area (Å²) in [5.41, 5.74) is 27.3. The summed E-state index contributed by atoms with van der Waals surface area (Å²) >= 11 is 0. The van der Waals surface area contributed by atoms with Crippen LogP contribution in [0.2, 0.25) is 0 Å². The number of likely N-dealkylation sites (tertiary alicyclic amines) is 1. The molecule has 2 fully saturated rings. The summed E-state index contributed by atoms with van der Waals surface area (Å²) in [7, 11) is 2.20. The number of nitrogens with one attached hydrogen (secondary N) is 7. The average molecular weight is 1080 g/mol. The Balaban J connectivity index is 1.47. The largest absolute Gasteiger partial charge is 0.508 e. The number of benzene rings is 2. The van der Waals surface area contributed by atoms with Crippen molar-refractivity contribution in [2.45, 2.75) is 112 Å². The molecular weight excluding hydrogens is 1020 g/mol. The smallest absolute Gasteiger partial charge is 0.247 e. The van der Waals surface area contributed by atoms with Crippen LogP contribution >= 0.6 is 21.6 Å². The van der Waals surface area contributed by atoms with Crippen LogP contribution in [0.15, 0.2) is 53.5 Å². The highest BCUT2D eigenvalue weighted by molar-refractivity contribution is 8.76. The number of nitrogens with two attached hydrogens (primary N) is 5. The number of fused-ring (bicyclic) bond motifs is 1. The van der Waals surface area contributed by atoms with Crippen LogP contribution < -0.4 is 65.9 Å². The number of carbonyl (C=O) groups excluding carboxylic acids is 11. The predicted molar refractivity (Wildman–Crippen MR) is 275 cm³/mol. The van der Waals surface area contributed by atoms with E-state index in [1.165, 1.54) is 17.0 Å². The molecule has 2 saturated heterocycles. The quantitative estimate of drug-likeness (QED) is 0.0308. The number of nitrogens with zero attached hydrogens (tertiary/aromatic N) is 2. The van der Waals surface area contributed by atoms with Crippen molar-refractivity contribution >= 4 is 92.5 Å². The summed E-state index contributed by atoms with van der Waals surface area (Å²) in [5.74, 6) is -9.63. The number of guanidine groups is 1. The highest BCUT2D eigenvalue weighted by Gasteiger charge is 2.48. The van der Waals surface area contributed by atoms with Crippen molar-refractivity contribution in [1.82, 2.24) is 42.1 Å². The lowest BCUT2D eigenvalue weighted by Gasteiger charge is -2.33. The molecule has 1 aliphatic carbocycles. The van der Waals surface area contributed by atoms with Gasteiger partial charge in [-0.2, -0.15) is 0 Å². The number of phenols is 1. The number of primary amides is 3. The number of rotatable bonds is 17. The van der Waals surface area contributed by atoms with E-state index in [0.717, 1.165) is 21.6 Å². The molecule has 28 heteroatoms. The summed E-state index contributed by atoms with van der Waals surface area (Å²) in [5, 5.41) is 28.2. The Hall–Kier alpha value is -7.62. The zero-order valence-electron chi connectivity index (χ0n) is 40.9. The molecule has 2 aromatic carbocycles. The Morgan fingerprint density at radius 3 is 2.12 bits per heavy atom. The van der Waals surface area contributed by atoms with E-state index in [1.54, 1.807) is 36.4 Å². The van der Waals surface area contributed by atoms with Crippen molar-refractivity contribution in [3.05, 3.63) is 65.2 Å². The Labute approximate surface area is 439 Å². The van der Waals surface area contributed by atoms with Gasteiger partial charge in [-0.05, 0) is 60.9 Å².